The van der Waals surface area contributed by atoms with Gasteiger partial charge in [-0.25, -0.2) is 0 Å². The second kappa shape index (κ2) is 10.3. The van der Waals surface area contributed by atoms with Crippen LogP contribution in [-0.4, -0.2) is 28.3 Å². The van der Waals surface area contributed by atoms with Crippen molar-refractivity contribution in [2.45, 2.75) is 65.6 Å². The van der Waals surface area contributed by atoms with Gasteiger partial charge in [0.05, 0.1) is 6.42 Å². The normalized spacial score (nSPS) is 12.4. The van der Waals surface area contributed by atoms with E-state index in [9.17, 15) is 9.59 Å². The SMILES string of the molecule is CC[C@H](C(=O)NC(C)(C)C)N(Cc1cccc(C)c1)C(=O)Cc1ccc(Cl)cc1Cl. The zero-order chi connectivity index (χ0) is 22.5. The number of amides is 2. The Labute approximate surface area is 189 Å². The van der Waals surface area contributed by atoms with E-state index >= 15 is 0 Å². The van der Waals surface area contributed by atoms with Gasteiger partial charge in [0.2, 0.25) is 11.8 Å². The van der Waals surface area contributed by atoms with Gasteiger partial charge in [-0.05, 0) is 57.4 Å². The van der Waals surface area contributed by atoms with Crippen molar-refractivity contribution in [3.8, 4) is 0 Å². The average Bonchev–Trinajstić information content (AvgIpc) is 2.62. The number of aryl methyl sites for hydroxylation is 1. The Hall–Kier alpha value is -2.04. The zero-order valence-electron chi connectivity index (χ0n) is 18.3. The van der Waals surface area contributed by atoms with Crippen LogP contribution in [0.25, 0.3) is 0 Å². The fraction of sp³-hybridized carbons (Fsp3) is 0.417. The summed E-state index contributed by atoms with van der Waals surface area (Å²) in [6.45, 7) is 10.1. The van der Waals surface area contributed by atoms with Gasteiger partial charge in [-0.3, -0.25) is 9.59 Å². The minimum atomic E-state index is -0.580. The number of rotatable bonds is 7. The molecule has 0 saturated heterocycles. The number of halogens is 2. The minimum absolute atomic E-state index is 0.0983. The molecular formula is C24H30Cl2N2O2. The second-order valence-electron chi connectivity index (χ2n) is 8.59. The molecule has 0 aliphatic heterocycles. The summed E-state index contributed by atoms with van der Waals surface area (Å²) in [4.78, 5) is 28.0. The van der Waals surface area contributed by atoms with Crippen LogP contribution in [0.3, 0.4) is 0 Å². The molecule has 1 atom stereocenters. The first-order valence-electron chi connectivity index (χ1n) is 10.1. The van der Waals surface area contributed by atoms with E-state index < -0.39 is 6.04 Å². The van der Waals surface area contributed by atoms with E-state index in [1.807, 2.05) is 58.9 Å². The Morgan fingerprint density at radius 3 is 2.37 bits per heavy atom. The third-order valence-electron chi connectivity index (χ3n) is 4.68. The summed E-state index contributed by atoms with van der Waals surface area (Å²) in [5, 5.41) is 3.97. The Kier molecular flexibility index (Phi) is 8.34. The molecule has 0 heterocycles. The van der Waals surface area contributed by atoms with Crippen LogP contribution < -0.4 is 5.32 Å². The number of hydrogen-bond acceptors (Lipinski definition) is 2. The number of hydrogen-bond donors (Lipinski definition) is 1. The molecule has 30 heavy (non-hydrogen) atoms. The smallest absolute Gasteiger partial charge is 0.243 e. The van der Waals surface area contributed by atoms with Gasteiger partial charge < -0.3 is 10.2 Å². The summed E-state index contributed by atoms with van der Waals surface area (Å²) >= 11 is 12.3. The molecule has 1 N–H and O–H groups in total. The summed E-state index contributed by atoms with van der Waals surface area (Å²) in [6, 6.07) is 12.5. The summed E-state index contributed by atoms with van der Waals surface area (Å²) in [7, 11) is 0. The lowest BCUT2D eigenvalue weighted by molar-refractivity contribution is -0.141. The molecule has 0 saturated carbocycles. The highest BCUT2D eigenvalue weighted by atomic mass is 35.5. The van der Waals surface area contributed by atoms with Gasteiger partial charge in [-0.15, -0.1) is 0 Å². The van der Waals surface area contributed by atoms with E-state index in [0.717, 1.165) is 11.1 Å². The van der Waals surface area contributed by atoms with Crippen molar-refractivity contribution < 1.29 is 9.59 Å². The maximum absolute atomic E-state index is 13.4. The predicted octanol–water partition coefficient (Wildman–Crippen LogP) is 5.57. The highest BCUT2D eigenvalue weighted by molar-refractivity contribution is 6.35. The van der Waals surface area contributed by atoms with Crippen LogP contribution in [0, 0.1) is 6.92 Å². The largest absolute Gasteiger partial charge is 0.350 e. The lowest BCUT2D eigenvalue weighted by atomic mass is 10.0. The molecule has 2 amide bonds. The molecule has 4 nitrogen and oxygen atoms in total. The fourth-order valence-electron chi connectivity index (χ4n) is 3.31. The van der Waals surface area contributed by atoms with E-state index in [1.54, 1.807) is 23.1 Å². The minimum Gasteiger partial charge on any atom is -0.350 e. The molecule has 0 fully saturated rings. The predicted molar refractivity (Wildman–Crippen MR) is 124 cm³/mol. The number of carbonyl (C=O) groups excluding carboxylic acids is 2. The quantitative estimate of drug-likeness (QED) is 0.601. The summed E-state index contributed by atoms with van der Waals surface area (Å²) in [5.41, 5.74) is 2.38. The maximum Gasteiger partial charge on any atom is 0.243 e. The summed E-state index contributed by atoms with van der Waals surface area (Å²) in [5.74, 6) is -0.315. The first-order chi connectivity index (χ1) is 14.0. The molecule has 0 aliphatic carbocycles. The van der Waals surface area contributed by atoms with E-state index in [2.05, 4.69) is 5.32 Å². The van der Waals surface area contributed by atoms with Crippen molar-refractivity contribution in [2.24, 2.45) is 0 Å². The number of carbonyl (C=O) groups is 2. The zero-order valence-corrected chi connectivity index (χ0v) is 19.8. The van der Waals surface area contributed by atoms with Gasteiger partial charge in [0.1, 0.15) is 6.04 Å². The highest BCUT2D eigenvalue weighted by Crippen LogP contribution is 2.23. The molecule has 2 aromatic rings. The van der Waals surface area contributed by atoms with Crippen LogP contribution in [0.4, 0.5) is 0 Å². The van der Waals surface area contributed by atoms with Crippen LogP contribution in [0.2, 0.25) is 10.0 Å². The van der Waals surface area contributed by atoms with Crippen LogP contribution in [-0.2, 0) is 22.6 Å². The maximum atomic E-state index is 13.4. The Morgan fingerprint density at radius 2 is 1.80 bits per heavy atom. The highest BCUT2D eigenvalue weighted by Gasteiger charge is 2.30. The molecule has 0 spiro atoms. The molecule has 6 heteroatoms. The second-order valence-corrected chi connectivity index (χ2v) is 9.43. The Morgan fingerprint density at radius 1 is 1.10 bits per heavy atom. The topological polar surface area (TPSA) is 49.4 Å². The Balaban J connectivity index is 2.35. The molecule has 0 unspecified atom stereocenters. The van der Waals surface area contributed by atoms with Crippen molar-refractivity contribution in [3.05, 3.63) is 69.2 Å². The first kappa shape index (κ1) is 24.2. The molecular weight excluding hydrogens is 419 g/mol. The number of nitrogens with one attached hydrogen (secondary N) is 1. The van der Waals surface area contributed by atoms with Crippen LogP contribution in [0.15, 0.2) is 42.5 Å². The van der Waals surface area contributed by atoms with E-state index in [1.165, 1.54) is 0 Å². The van der Waals surface area contributed by atoms with Gasteiger partial charge in [0, 0.05) is 22.1 Å². The molecule has 2 aromatic carbocycles. The van der Waals surface area contributed by atoms with Gasteiger partial charge in [-0.2, -0.15) is 0 Å². The summed E-state index contributed by atoms with van der Waals surface area (Å²) in [6.07, 6.45) is 0.606. The summed E-state index contributed by atoms with van der Waals surface area (Å²) < 4.78 is 0. The molecule has 0 aromatic heterocycles. The van der Waals surface area contributed by atoms with E-state index in [4.69, 9.17) is 23.2 Å². The van der Waals surface area contributed by atoms with Gasteiger partial charge in [0.25, 0.3) is 0 Å². The lowest BCUT2D eigenvalue weighted by Crippen LogP contribution is -2.53. The lowest BCUT2D eigenvalue weighted by Gasteiger charge is -2.33. The monoisotopic (exact) mass is 448 g/mol. The fourth-order valence-corrected chi connectivity index (χ4v) is 3.78. The molecule has 2 rings (SSSR count). The van der Waals surface area contributed by atoms with Gasteiger partial charge >= 0.3 is 0 Å². The third-order valence-corrected chi connectivity index (χ3v) is 5.26. The molecule has 162 valence electrons. The third kappa shape index (κ3) is 7.03. The Bertz CT molecular complexity index is 906. The molecule has 0 aliphatic rings. The van der Waals surface area contributed by atoms with E-state index in [-0.39, 0.29) is 23.8 Å². The van der Waals surface area contributed by atoms with Crippen LogP contribution in [0.1, 0.15) is 50.8 Å². The molecule has 0 radical (unpaired) electrons. The van der Waals surface area contributed by atoms with E-state index in [0.29, 0.717) is 28.6 Å². The molecule has 0 bridgehead atoms. The van der Waals surface area contributed by atoms with Crippen LogP contribution in [0.5, 0.6) is 0 Å². The number of benzene rings is 2. The van der Waals surface area contributed by atoms with Crippen molar-refractivity contribution in [1.29, 1.82) is 0 Å². The average molecular weight is 449 g/mol. The number of nitrogens with zero attached hydrogens (tertiary/aromatic N) is 1. The first-order valence-corrected chi connectivity index (χ1v) is 10.9. The van der Waals surface area contributed by atoms with Gasteiger partial charge in [-0.1, -0.05) is 66.0 Å². The van der Waals surface area contributed by atoms with Gasteiger partial charge in [0.15, 0.2) is 0 Å². The standard InChI is InChI=1S/C24H30Cl2N2O2/c1-6-21(23(30)27-24(3,4)5)28(15-17-9-7-8-16(2)12-17)22(29)13-18-10-11-19(25)14-20(18)26/h7-12,14,21H,6,13,15H2,1-5H3,(H,27,30)/t21-/m1/s1. The van der Waals surface area contributed by atoms with Crippen molar-refractivity contribution >= 4 is 35.0 Å². The van der Waals surface area contributed by atoms with Crippen LogP contribution >= 0.6 is 23.2 Å². The van der Waals surface area contributed by atoms with Crippen molar-refractivity contribution in [3.63, 3.8) is 0 Å². The van der Waals surface area contributed by atoms with Crippen molar-refractivity contribution in [1.82, 2.24) is 10.2 Å². The van der Waals surface area contributed by atoms with Crippen molar-refractivity contribution in [2.75, 3.05) is 0 Å².